The first-order valence-electron chi connectivity index (χ1n) is 22.7. The van der Waals surface area contributed by atoms with Gasteiger partial charge < -0.3 is 44.2 Å². The third-order valence-electron chi connectivity index (χ3n) is 12.6. The molecule has 1 aromatic heterocycles. The fourth-order valence-corrected chi connectivity index (χ4v) is 9.15. The Hall–Kier alpha value is -5.99. The van der Waals surface area contributed by atoms with Crippen LogP contribution < -0.4 is 39.6 Å². The van der Waals surface area contributed by atoms with E-state index in [2.05, 4.69) is 54.7 Å². The number of piperazine rings is 1. The lowest BCUT2D eigenvalue weighted by Crippen LogP contribution is -2.57. The second-order valence-corrected chi connectivity index (χ2v) is 17.3. The molecule has 2 fully saturated rings. The summed E-state index contributed by atoms with van der Waals surface area (Å²) in [7, 11) is 4.81. The van der Waals surface area contributed by atoms with Crippen molar-refractivity contribution in [1.82, 2.24) is 25.0 Å². The van der Waals surface area contributed by atoms with Crippen molar-refractivity contribution in [2.45, 2.75) is 44.5 Å². The van der Waals surface area contributed by atoms with Crippen LogP contribution in [0.1, 0.15) is 30.4 Å². The lowest BCUT2D eigenvalue weighted by molar-refractivity contribution is -0.126. The molecular weight excluding hydrogens is 859 g/mol. The quantitative estimate of drug-likeness (QED) is 0.0645. The summed E-state index contributed by atoms with van der Waals surface area (Å²) in [6.45, 7) is 8.75. The molecule has 0 atom stereocenters. The second-order valence-electron chi connectivity index (χ2n) is 16.9. The Labute approximate surface area is 391 Å². The van der Waals surface area contributed by atoms with E-state index in [1.807, 2.05) is 72.8 Å². The highest BCUT2D eigenvalue weighted by molar-refractivity contribution is 6.30. The van der Waals surface area contributed by atoms with Crippen molar-refractivity contribution in [3.63, 3.8) is 0 Å². The van der Waals surface area contributed by atoms with Crippen LogP contribution in [0, 0.1) is 5.82 Å². The molecular formula is C52H60ClFN6O6. The third kappa shape index (κ3) is 11.2. The number of halogens is 2. The number of fused-ring (bicyclic) bond motifs is 1. The molecule has 14 heteroatoms. The summed E-state index contributed by atoms with van der Waals surface area (Å²) in [5.41, 5.74) is 4.51. The molecule has 3 N–H and O–H groups in total. The maximum absolute atomic E-state index is 15.5. The van der Waals surface area contributed by atoms with Gasteiger partial charge in [0, 0.05) is 97.4 Å². The van der Waals surface area contributed by atoms with E-state index in [4.69, 9.17) is 35.3 Å². The number of methoxy groups -OCH3 is 3. The number of carbonyl (C=O) groups is 1. The van der Waals surface area contributed by atoms with Gasteiger partial charge in [0.25, 0.3) is 0 Å². The topological polar surface area (TPSA) is 111 Å². The van der Waals surface area contributed by atoms with Crippen molar-refractivity contribution < 1.29 is 32.9 Å². The molecule has 0 unspecified atom stereocenters. The summed E-state index contributed by atoms with van der Waals surface area (Å²) in [4.78, 5) is 19.2. The number of amides is 1. The molecule has 2 aliphatic rings. The van der Waals surface area contributed by atoms with Gasteiger partial charge in [-0.05, 0) is 104 Å². The fraction of sp³-hybridized carbons (Fsp3) is 0.365. The molecule has 348 valence electrons. The van der Waals surface area contributed by atoms with Crippen molar-refractivity contribution in [2.75, 3.05) is 85.6 Å². The molecule has 12 nitrogen and oxygen atoms in total. The number of carbonyl (C=O) groups excluding carboxylic acids is 1. The van der Waals surface area contributed by atoms with Gasteiger partial charge >= 0.3 is 0 Å². The predicted octanol–water partition coefficient (Wildman–Crippen LogP) is 8.64. The fourth-order valence-electron chi connectivity index (χ4n) is 9.02. The summed E-state index contributed by atoms with van der Waals surface area (Å²) in [6, 6.07) is 32.2. The van der Waals surface area contributed by atoms with E-state index < -0.39 is 5.54 Å². The van der Waals surface area contributed by atoms with E-state index in [1.54, 1.807) is 27.4 Å². The van der Waals surface area contributed by atoms with E-state index in [1.165, 1.54) is 11.6 Å². The van der Waals surface area contributed by atoms with E-state index in [0.717, 1.165) is 72.7 Å². The molecule has 0 saturated carbocycles. The van der Waals surface area contributed by atoms with E-state index in [0.29, 0.717) is 85.6 Å². The lowest BCUT2D eigenvalue weighted by Gasteiger charge is -2.38. The number of nitrogens with one attached hydrogen (secondary N) is 3. The van der Waals surface area contributed by atoms with Crippen molar-refractivity contribution in [1.29, 1.82) is 0 Å². The Bertz CT molecular complexity index is 2560. The van der Waals surface area contributed by atoms with Crippen molar-refractivity contribution in [2.24, 2.45) is 0 Å². The highest BCUT2D eigenvalue weighted by Gasteiger charge is 2.39. The monoisotopic (exact) mass is 918 g/mol. The van der Waals surface area contributed by atoms with Crippen LogP contribution >= 0.6 is 11.6 Å². The zero-order valence-corrected chi connectivity index (χ0v) is 38.8. The molecule has 2 aliphatic heterocycles. The van der Waals surface area contributed by atoms with Gasteiger partial charge in [-0.15, -0.1) is 0 Å². The first-order chi connectivity index (χ1) is 32.2. The molecule has 2 saturated heterocycles. The lowest BCUT2D eigenvalue weighted by atomic mass is 9.86. The number of nitrogens with zero attached hydrogens (tertiary/aromatic N) is 3. The van der Waals surface area contributed by atoms with Crippen LogP contribution in [0.5, 0.6) is 28.7 Å². The highest BCUT2D eigenvalue weighted by atomic mass is 35.5. The third-order valence-corrected chi connectivity index (χ3v) is 12.9. The molecule has 0 radical (unpaired) electrons. The number of hydrogen-bond donors (Lipinski definition) is 3. The van der Waals surface area contributed by atoms with Gasteiger partial charge in [0.1, 0.15) is 30.3 Å². The van der Waals surface area contributed by atoms with Gasteiger partial charge in [-0.25, -0.2) is 4.39 Å². The predicted molar refractivity (Wildman–Crippen MR) is 259 cm³/mol. The van der Waals surface area contributed by atoms with Gasteiger partial charge in [-0.3, -0.25) is 14.6 Å². The summed E-state index contributed by atoms with van der Waals surface area (Å²) in [5.74, 6) is 2.92. The number of benzene rings is 5. The number of rotatable bonds is 20. The average Bonchev–Trinajstić information content (AvgIpc) is 3.72. The minimum atomic E-state index is -0.829. The zero-order valence-electron chi connectivity index (χ0n) is 38.0. The first kappa shape index (κ1) is 46.5. The summed E-state index contributed by atoms with van der Waals surface area (Å²) < 4.78 is 46.5. The number of ether oxygens (including phenoxy) is 5. The number of aryl methyl sites for hydroxylation is 1. The Morgan fingerprint density at radius 1 is 0.758 bits per heavy atom. The van der Waals surface area contributed by atoms with Crippen LogP contribution in [-0.4, -0.2) is 106 Å². The van der Waals surface area contributed by atoms with Crippen molar-refractivity contribution in [3.8, 4) is 39.9 Å². The Balaban J connectivity index is 0.912. The van der Waals surface area contributed by atoms with Crippen LogP contribution in [0.15, 0.2) is 109 Å². The molecule has 6 aromatic rings. The highest BCUT2D eigenvalue weighted by Crippen LogP contribution is 2.37. The van der Waals surface area contributed by atoms with E-state index in [-0.39, 0.29) is 18.3 Å². The molecule has 8 rings (SSSR count). The maximum atomic E-state index is 15.5. The minimum Gasteiger partial charge on any atom is -0.493 e. The Morgan fingerprint density at radius 2 is 1.48 bits per heavy atom. The van der Waals surface area contributed by atoms with Crippen LogP contribution in [0.2, 0.25) is 5.02 Å². The maximum Gasteiger partial charge on any atom is 0.245 e. The summed E-state index contributed by atoms with van der Waals surface area (Å²) in [5, 5.41) is 12.0. The summed E-state index contributed by atoms with van der Waals surface area (Å²) >= 11 is 6.02. The molecule has 1 amide bonds. The minimum absolute atomic E-state index is 0.0477. The average molecular weight is 920 g/mol. The molecule has 0 spiro atoms. The van der Waals surface area contributed by atoms with Crippen LogP contribution in [0.4, 0.5) is 10.1 Å². The Morgan fingerprint density at radius 3 is 2.24 bits per heavy atom. The van der Waals surface area contributed by atoms with Gasteiger partial charge in [0.15, 0.2) is 23.0 Å². The number of piperidine rings is 1. The van der Waals surface area contributed by atoms with E-state index in [9.17, 15) is 4.79 Å². The largest absolute Gasteiger partial charge is 0.493 e. The van der Waals surface area contributed by atoms with Gasteiger partial charge in [0.05, 0.1) is 21.3 Å². The molecule has 0 aliphatic carbocycles. The number of anilines is 1. The first-order valence-corrected chi connectivity index (χ1v) is 23.1. The Kier molecular flexibility index (Phi) is 15.5. The standard InChI is InChI=1S/C52H60ClFN6O6/c1-62-46-18-12-37(32-48(46)64-3)36-66-49-33-40(15-19-47(49)63-2)57-52(20-23-55-24-21-52)51(61)56-22-7-25-60-35-43(42-9-4-5-10-44(42)54)50-38(8-6-11-45(50)60)34-59-28-26-58(27-29-59)30-31-65-41-16-13-39(53)14-17-41/h4-6,8-19,32-33,35,55,57H,7,20-31,34,36H2,1-3H3,(H,56,61). The smallest absolute Gasteiger partial charge is 0.245 e. The van der Waals surface area contributed by atoms with Crippen LogP contribution in [0.25, 0.3) is 22.0 Å². The molecule has 5 aromatic carbocycles. The SMILES string of the molecule is COc1ccc(COc2cc(NC3(C(=O)NCCCn4cc(-c5ccccc5F)c5c(CN6CCN(CCOc7ccc(Cl)cc7)CC6)cccc54)CCNCC3)ccc2OC)cc1OC. The van der Waals surface area contributed by atoms with Gasteiger partial charge in [-0.2, -0.15) is 0 Å². The van der Waals surface area contributed by atoms with Crippen LogP contribution in [-0.2, 0) is 24.5 Å². The normalized spacial score (nSPS) is 15.3. The molecule has 0 bridgehead atoms. The van der Waals surface area contributed by atoms with Crippen molar-refractivity contribution in [3.05, 3.63) is 131 Å². The number of hydrogen-bond acceptors (Lipinski definition) is 10. The molecule has 66 heavy (non-hydrogen) atoms. The summed E-state index contributed by atoms with van der Waals surface area (Å²) in [6.07, 6.45) is 3.98. The van der Waals surface area contributed by atoms with Crippen LogP contribution in [0.3, 0.4) is 0 Å². The number of aromatic nitrogens is 1. The van der Waals surface area contributed by atoms with Crippen molar-refractivity contribution >= 4 is 34.1 Å². The second kappa shape index (κ2) is 22.0. The van der Waals surface area contributed by atoms with E-state index >= 15 is 4.39 Å². The van der Waals surface area contributed by atoms with Gasteiger partial charge in [-0.1, -0.05) is 48.0 Å². The molecule has 3 heterocycles. The zero-order chi connectivity index (χ0) is 45.9. The van der Waals surface area contributed by atoms with Gasteiger partial charge in [0.2, 0.25) is 5.91 Å².